The van der Waals surface area contributed by atoms with Gasteiger partial charge < -0.3 is 0 Å². The molecule has 1 aromatic heterocycles. The van der Waals surface area contributed by atoms with Crippen molar-refractivity contribution in [3.8, 4) is 0 Å². The van der Waals surface area contributed by atoms with Crippen molar-refractivity contribution in [2.24, 2.45) is 5.10 Å². The zero-order valence-electron chi connectivity index (χ0n) is 8.64. The van der Waals surface area contributed by atoms with Gasteiger partial charge in [-0.25, -0.2) is 0 Å². The molecule has 17 heavy (non-hydrogen) atoms. The van der Waals surface area contributed by atoms with Gasteiger partial charge in [-0.05, 0) is 40.8 Å². The van der Waals surface area contributed by atoms with E-state index in [4.69, 9.17) is 11.6 Å². The summed E-state index contributed by atoms with van der Waals surface area (Å²) in [6.45, 7) is 0. The molecule has 1 heterocycles. The van der Waals surface area contributed by atoms with Gasteiger partial charge in [0.25, 0.3) is 0 Å². The molecule has 0 saturated carbocycles. The van der Waals surface area contributed by atoms with Gasteiger partial charge in [-0.3, -0.25) is 5.43 Å². The maximum atomic E-state index is 5.62. The molecule has 0 radical (unpaired) electrons. The van der Waals surface area contributed by atoms with Crippen molar-refractivity contribution in [3.05, 3.63) is 50.7 Å². The molecule has 0 bridgehead atoms. The summed E-state index contributed by atoms with van der Waals surface area (Å²) >= 11 is 7.88. The number of aromatic nitrogens is 2. The summed E-state index contributed by atoms with van der Waals surface area (Å²) in [7, 11) is 0. The molecule has 0 aliphatic rings. The van der Waals surface area contributed by atoms with E-state index in [1.807, 2.05) is 24.3 Å². The van der Waals surface area contributed by atoms with Crippen molar-refractivity contribution in [1.29, 1.82) is 0 Å². The first-order valence-electron chi connectivity index (χ1n) is 4.78. The van der Waals surface area contributed by atoms with Crippen LogP contribution in [0.15, 0.2) is 41.5 Å². The summed E-state index contributed by atoms with van der Waals surface area (Å²) < 4.78 is 1.14. The lowest BCUT2D eigenvalue weighted by molar-refractivity contribution is 1.02. The minimum Gasteiger partial charge on any atom is -0.260 e. The molecule has 6 heteroatoms. The average Bonchev–Trinajstić information content (AvgIpc) is 2.34. The molecule has 0 saturated heterocycles. The molecule has 2 aromatic rings. The van der Waals surface area contributed by atoms with Gasteiger partial charge in [-0.1, -0.05) is 29.8 Å². The Morgan fingerprint density at radius 1 is 1.18 bits per heavy atom. The Morgan fingerprint density at radius 2 is 2.00 bits per heavy atom. The van der Waals surface area contributed by atoms with Crippen LogP contribution in [0.25, 0.3) is 0 Å². The van der Waals surface area contributed by atoms with Crippen molar-refractivity contribution >= 4 is 46.2 Å². The van der Waals surface area contributed by atoms with Crippen molar-refractivity contribution in [2.75, 3.05) is 5.43 Å². The quantitative estimate of drug-likeness (QED) is 0.521. The third kappa shape index (κ3) is 3.64. The highest BCUT2D eigenvalue weighted by Crippen LogP contribution is 2.09. The average molecular weight is 359 g/mol. The van der Waals surface area contributed by atoms with Crippen LogP contribution in [0.1, 0.15) is 5.56 Å². The van der Waals surface area contributed by atoms with Crippen LogP contribution in [0.3, 0.4) is 0 Å². The highest BCUT2D eigenvalue weighted by molar-refractivity contribution is 14.1. The fourth-order valence-electron chi connectivity index (χ4n) is 1.12. The largest absolute Gasteiger partial charge is 0.260 e. The van der Waals surface area contributed by atoms with Gasteiger partial charge in [0.15, 0.2) is 11.0 Å². The van der Waals surface area contributed by atoms with E-state index >= 15 is 0 Å². The molecule has 0 amide bonds. The molecule has 86 valence electrons. The summed E-state index contributed by atoms with van der Waals surface area (Å²) in [6.07, 6.45) is 1.73. The zero-order chi connectivity index (χ0) is 12.1. The van der Waals surface area contributed by atoms with E-state index in [0.29, 0.717) is 11.0 Å². The predicted molar refractivity (Wildman–Crippen MR) is 77.4 cm³/mol. The molecular weight excluding hydrogens is 351 g/mol. The van der Waals surface area contributed by atoms with Crippen molar-refractivity contribution < 1.29 is 0 Å². The van der Waals surface area contributed by atoms with Crippen LogP contribution in [-0.4, -0.2) is 16.4 Å². The molecule has 0 unspecified atom stereocenters. The molecule has 0 spiro atoms. The minimum atomic E-state index is 0.358. The number of hydrogen-bond donors (Lipinski definition) is 1. The first-order valence-corrected chi connectivity index (χ1v) is 6.24. The van der Waals surface area contributed by atoms with Crippen LogP contribution in [0.4, 0.5) is 5.82 Å². The number of rotatable bonds is 3. The van der Waals surface area contributed by atoms with Gasteiger partial charge in [-0.15, -0.1) is 10.2 Å². The number of nitrogens with one attached hydrogen (secondary N) is 1. The Balaban J connectivity index is 2.03. The van der Waals surface area contributed by atoms with Gasteiger partial charge >= 0.3 is 0 Å². The second kappa shape index (κ2) is 5.92. The van der Waals surface area contributed by atoms with Gasteiger partial charge in [0.2, 0.25) is 0 Å². The summed E-state index contributed by atoms with van der Waals surface area (Å²) in [6, 6.07) is 11.3. The Hall–Kier alpha value is -1.21. The van der Waals surface area contributed by atoms with Gasteiger partial charge in [0, 0.05) is 9.13 Å². The van der Waals surface area contributed by atoms with Gasteiger partial charge in [-0.2, -0.15) is 5.10 Å². The van der Waals surface area contributed by atoms with E-state index in [9.17, 15) is 0 Å². The number of hydrazone groups is 1. The highest BCUT2D eigenvalue weighted by Gasteiger charge is 1.95. The van der Waals surface area contributed by atoms with E-state index < -0.39 is 0 Å². The lowest BCUT2D eigenvalue weighted by atomic mass is 10.2. The summed E-state index contributed by atoms with van der Waals surface area (Å²) in [5, 5.41) is 12.0. The van der Waals surface area contributed by atoms with Gasteiger partial charge in [0.05, 0.1) is 6.21 Å². The van der Waals surface area contributed by atoms with Crippen LogP contribution in [0.2, 0.25) is 5.15 Å². The number of halogens is 2. The second-order valence-electron chi connectivity index (χ2n) is 3.13. The highest BCUT2D eigenvalue weighted by atomic mass is 127. The number of anilines is 1. The van der Waals surface area contributed by atoms with Crippen molar-refractivity contribution in [3.63, 3.8) is 0 Å². The second-order valence-corrected chi connectivity index (χ2v) is 4.68. The van der Waals surface area contributed by atoms with Crippen LogP contribution >= 0.6 is 34.2 Å². The van der Waals surface area contributed by atoms with Crippen molar-refractivity contribution in [1.82, 2.24) is 10.2 Å². The maximum Gasteiger partial charge on any atom is 0.168 e. The van der Waals surface area contributed by atoms with E-state index in [-0.39, 0.29) is 0 Å². The standard InChI is InChI=1S/C11H8ClIN4/c12-10-5-6-11(17-15-10)16-14-7-8-3-1-2-4-9(8)13/h1-7H,(H,16,17). The Bertz CT molecular complexity index is 527. The number of hydrogen-bond acceptors (Lipinski definition) is 4. The lowest BCUT2D eigenvalue weighted by Gasteiger charge is -1.98. The number of nitrogens with zero attached hydrogens (tertiary/aromatic N) is 3. The molecule has 0 aliphatic carbocycles. The summed E-state index contributed by atoms with van der Waals surface area (Å²) in [4.78, 5) is 0. The topological polar surface area (TPSA) is 50.2 Å². The molecule has 0 fully saturated rings. The van der Waals surface area contributed by atoms with E-state index in [0.717, 1.165) is 9.13 Å². The Labute approximate surface area is 117 Å². The Morgan fingerprint density at radius 3 is 2.71 bits per heavy atom. The first kappa shape index (κ1) is 12.3. The van der Waals surface area contributed by atoms with E-state index in [1.165, 1.54) is 0 Å². The minimum absolute atomic E-state index is 0.358. The normalized spacial score (nSPS) is 10.7. The van der Waals surface area contributed by atoms with Crippen LogP contribution in [0, 0.1) is 3.57 Å². The van der Waals surface area contributed by atoms with Gasteiger partial charge in [0.1, 0.15) is 0 Å². The lowest BCUT2D eigenvalue weighted by Crippen LogP contribution is -1.95. The van der Waals surface area contributed by atoms with Crippen LogP contribution in [0.5, 0.6) is 0 Å². The molecule has 2 rings (SSSR count). The first-order chi connectivity index (χ1) is 8.25. The molecule has 1 aromatic carbocycles. The SMILES string of the molecule is Clc1ccc(NN=Cc2ccccc2I)nn1. The van der Waals surface area contributed by atoms with Crippen LogP contribution < -0.4 is 5.43 Å². The zero-order valence-corrected chi connectivity index (χ0v) is 11.6. The third-order valence-electron chi connectivity index (χ3n) is 1.92. The van der Waals surface area contributed by atoms with Crippen LogP contribution in [-0.2, 0) is 0 Å². The smallest absolute Gasteiger partial charge is 0.168 e. The molecule has 0 aliphatic heterocycles. The monoisotopic (exact) mass is 358 g/mol. The van der Waals surface area contributed by atoms with Crippen molar-refractivity contribution in [2.45, 2.75) is 0 Å². The molecule has 0 atom stereocenters. The summed E-state index contributed by atoms with van der Waals surface area (Å²) in [5.41, 5.74) is 3.83. The molecule has 1 N–H and O–H groups in total. The molecular formula is C11H8ClIN4. The maximum absolute atomic E-state index is 5.62. The summed E-state index contributed by atoms with van der Waals surface area (Å²) in [5.74, 6) is 0.552. The third-order valence-corrected chi connectivity index (χ3v) is 3.10. The fourth-order valence-corrected chi connectivity index (χ4v) is 1.75. The van der Waals surface area contributed by atoms with E-state index in [2.05, 4.69) is 43.3 Å². The van der Waals surface area contributed by atoms with E-state index in [1.54, 1.807) is 18.3 Å². The Kier molecular flexibility index (Phi) is 4.27. The number of benzene rings is 1. The predicted octanol–water partition coefficient (Wildman–Crippen LogP) is 3.18. The fraction of sp³-hybridized carbons (Fsp3) is 0. The molecule has 4 nitrogen and oxygen atoms in total.